The Morgan fingerprint density at radius 3 is 2.61 bits per heavy atom. The van der Waals surface area contributed by atoms with Crippen molar-refractivity contribution in [1.29, 1.82) is 0 Å². The van der Waals surface area contributed by atoms with E-state index in [-0.39, 0.29) is 13.2 Å². The molecule has 23 heavy (non-hydrogen) atoms. The summed E-state index contributed by atoms with van der Waals surface area (Å²) in [5.41, 5.74) is 1.51. The van der Waals surface area contributed by atoms with E-state index in [4.69, 9.17) is 0 Å². The maximum Gasteiger partial charge on any atom is 0.378 e. The van der Waals surface area contributed by atoms with Crippen molar-refractivity contribution >= 4 is 38.4 Å². The number of hydrogen-bond donors (Lipinski definition) is 0. The van der Waals surface area contributed by atoms with Gasteiger partial charge in [-0.15, -0.1) is 0 Å². The molecule has 2 aromatic rings. The van der Waals surface area contributed by atoms with Gasteiger partial charge >= 0.3 is 5.13 Å². The highest BCUT2D eigenvalue weighted by Gasteiger charge is 2.07. The van der Waals surface area contributed by atoms with Gasteiger partial charge < -0.3 is 9.45 Å². The molecule has 0 saturated carbocycles. The van der Waals surface area contributed by atoms with Crippen molar-refractivity contribution in [2.45, 2.75) is 0 Å². The number of aromatic nitrogens is 2. The molecule has 1 aromatic carbocycles. The fraction of sp³-hybridized carbons (Fsp3) is 0.333. The van der Waals surface area contributed by atoms with Crippen LogP contribution in [0.2, 0.25) is 0 Å². The molecule has 0 atom stereocenters. The Morgan fingerprint density at radius 1 is 1.35 bits per heavy atom. The van der Waals surface area contributed by atoms with Crippen molar-refractivity contribution in [3.8, 4) is 0 Å². The van der Waals surface area contributed by atoms with E-state index >= 15 is 0 Å². The lowest BCUT2D eigenvalue weighted by Gasteiger charge is -2.19. The molecule has 0 radical (unpaired) electrons. The molecule has 0 spiro atoms. The van der Waals surface area contributed by atoms with Gasteiger partial charge in [0.2, 0.25) is 16.7 Å². The summed E-state index contributed by atoms with van der Waals surface area (Å²) in [6.07, 6.45) is 1.65. The van der Waals surface area contributed by atoms with Gasteiger partial charge in [-0.2, -0.15) is 0 Å². The molecular weight excluding hydrogens is 342 g/mol. The van der Waals surface area contributed by atoms with Crippen LogP contribution in [0.25, 0.3) is 0 Å². The lowest BCUT2D eigenvalue weighted by Crippen LogP contribution is -2.23. The van der Waals surface area contributed by atoms with E-state index in [1.165, 1.54) is 11.5 Å². The molecule has 0 unspecified atom stereocenters. The average Bonchev–Trinajstić information content (AvgIpc) is 2.89. The molecule has 0 aliphatic heterocycles. The molecule has 0 bridgehead atoms. The first-order chi connectivity index (χ1) is 10.8. The van der Waals surface area contributed by atoms with Crippen molar-refractivity contribution in [3.63, 3.8) is 0 Å². The van der Waals surface area contributed by atoms with Gasteiger partial charge in [0.05, 0.1) is 13.7 Å². The largest absolute Gasteiger partial charge is 0.726 e. The number of nitrogens with zero attached hydrogens (tertiary/aromatic N) is 5. The third-order valence-corrected chi connectivity index (χ3v) is 4.04. The average molecular weight is 357 g/mol. The van der Waals surface area contributed by atoms with Crippen LogP contribution in [0.1, 0.15) is 0 Å². The molecule has 1 heterocycles. The minimum atomic E-state index is -4.65. The summed E-state index contributed by atoms with van der Waals surface area (Å²) < 4.78 is 41.0. The summed E-state index contributed by atoms with van der Waals surface area (Å²) in [7, 11) is -1.06. The van der Waals surface area contributed by atoms with Crippen LogP contribution in [0, 0.1) is 0 Å². The highest BCUT2D eigenvalue weighted by Crippen LogP contribution is 2.21. The highest BCUT2D eigenvalue weighted by atomic mass is 32.3. The first-order valence-corrected chi connectivity index (χ1v) is 8.59. The minimum absolute atomic E-state index is 0.203. The van der Waals surface area contributed by atoms with Gasteiger partial charge in [-0.25, -0.2) is 13.0 Å². The minimum Gasteiger partial charge on any atom is -0.726 e. The second-order valence-electron chi connectivity index (χ2n) is 4.57. The van der Waals surface area contributed by atoms with E-state index in [2.05, 4.69) is 18.8 Å². The first kappa shape index (κ1) is 17.4. The maximum absolute atomic E-state index is 10.4. The molecule has 0 saturated heterocycles. The number of anilines is 1. The molecular formula is C12H15N5O4S2. The van der Waals surface area contributed by atoms with Crippen molar-refractivity contribution in [2.24, 2.45) is 17.3 Å². The molecule has 11 heteroatoms. The van der Waals surface area contributed by atoms with E-state index in [1.807, 2.05) is 19.2 Å². The number of aryl methyl sites for hydroxylation is 1. The number of benzene rings is 1. The Hall–Kier alpha value is -1.95. The summed E-state index contributed by atoms with van der Waals surface area (Å²) in [6, 6.07) is 7.18. The van der Waals surface area contributed by atoms with E-state index in [1.54, 1.807) is 35.0 Å². The summed E-state index contributed by atoms with van der Waals surface area (Å²) in [4.78, 5) is 1.76. The van der Waals surface area contributed by atoms with Crippen LogP contribution < -0.4 is 9.47 Å². The molecule has 1 aromatic heterocycles. The van der Waals surface area contributed by atoms with Crippen molar-refractivity contribution in [2.75, 3.05) is 25.1 Å². The standard InChI is InChI=1S/C12H15N5O4S2/c1-16(7-8-21-23(18,19)20)11-5-3-10(4-6-11)14-15-12-17(2)9-13-22-12/h3-6,9H,7-8H2,1-2H3. The second kappa shape index (κ2) is 7.55. The Bertz CT molecular complexity index is 773. The zero-order chi connectivity index (χ0) is 16.9. The number of hydrogen-bond acceptors (Lipinski definition) is 9. The second-order valence-corrected chi connectivity index (χ2v) is 6.38. The van der Waals surface area contributed by atoms with E-state index in [0.29, 0.717) is 10.8 Å². The van der Waals surface area contributed by atoms with Gasteiger partial charge in [0, 0.05) is 24.4 Å². The lowest BCUT2D eigenvalue weighted by atomic mass is 10.2. The van der Waals surface area contributed by atoms with Crippen molar-refractivity contribution in [3.05, 3.63) is 30.6 Å². The van der Waals surface area contributed by atoms with Crippen LogP contribution in [0.5, 0.6) is 0 Å². The summed E-state index contributed by atoms with van der Waals surface area (Å²) in [5.74, 6) is 0. The van der Waals surface area contributed by atoms with Gasteiger partial charge in [-0.05, 0) is 28.6 Å². The molecule has 9 nitrogen and oxygen atoms in total. The van der Waals surface area contributed by atoms with Crippen LogP contribution >= 0.6 is 11.5 Å². The molecule has 0 aliphatic rings. The number of azo groups is 1. The Labute approximate surface area is 138 Å². The summed E-state index contributed by atoms with van der Waals surface area (Å²) in [6.45, 7) is 0.0602. The van der Waals surface area contributed by atoms with E-state index < -0.39 is 10.4 Å². The summed E-state index contributed by atoms with van der Waals surface area (Å²) >= 11 is 1.24. The normalized spacial score (nSPS) is 12.0. The molecule has 0 amide bonds. The fourth-order valence-corrected chi connectivity index (χ4v) is 2.44. The molecule has 0 N–H and O–H groups in total. The topological polar surface area (TPSA) is 111 Å². The molecule has 124 valence electrons. The fourth-order valence-electron chi connectivity index (χ4n) is 1.62. The molecule has 0 fully saturated rings. The quantitative estimate of drug-likeness (QED) is 0.319. The van der Waals surface area contributed by atoms with Gasteiger partial charge in [0.15, 0.2) is 0 Å². The van der Waals surface area contributed by atoms with Crippen LogP contribution in [0.4, 0.5) is 16.5 Å². The Morgan fingerprint density at radius 2 is 2.04 bits per heavy atom. The van der Waals surface area contributed by atoms with Gasteiger partial charge in [0.1, 0.15) is 17.2 Å². The lowest BCUT2D eigenvalue weighted by molar-refractivity contribution is -0.656. The van der Waals surface area contributed by atoms with E-state index in [0.717, 1.165) is 5.69 Å². The van der Waals surface area contributed by atoms with Crippen LogP contribution in [-0.2, 0) is 21.6 Å². The monoisotopic (exact) mass is 357 g/mol. The zero-order valence-corrected chi connectivity index (χ0v) is 14.1. The highest BCUT2D eigenvalue weighted by molar-refractivity contribution is 7.80. The zero-order valence-electron chi connectivity index (χ0n) is 12.5. The SMILES string of the molecule is CN(CCOS(=O)(=O)[O-])c1ccc(N=Nc2snc[n+]2C)cc1. The molecule has 2 rings (SSSR count). The predicted octanol–water partition coefficient (Wildman–Crippen LogP) is 1.30. The smallest absolute Gasteiger partial charge is 0.378 e. The molecule has 0 aliphatic carbocycles. The summed E-state index contributed by atoms with van der Waals surface area (Å²) in [5, 5.41) is 8.89. The maximum atomic E-state index is 10.4. The first-order valence-electron chi connectivity index (χ1n) is 6.48. The van der Waals surface area contributed by atoms with Gasteiger partial charge in [-0.3, -0.25) is 4.18 Å². The van der Waals surface area contributed by atoms with Crippen LogP contribution in [0.3, 0.4) is 0 Å². The number of likely N-dealkylation sites (N-methyl/N-ethyl adjacent to an activating group) is 1. The Kier molecular flexibility index (Phi) is 5.71. The van der Waals surface area contributed by atoms with Crippen molar-refractivity contribution in [1.82, 2.24) is 4.37 Å². The van der Waals surface area contributed by atoms with E-state index in [9.17, 15) is 13.0 Å². The van der Waals surface area contributed by atoms with Crippen LogP contribution in [-0.4, -0.2) is 37.5 Å². The number of rotatable bonds is 7. The predicted molar refractivity (Wildman–Crippen MR) is 82.8 cm³/mol. The van der Waals surface area contributed by atoms with Crippen molar-refractivity contribution < 1.29 is 21.7 Å². The third kappa shape index (κ3) is 5.63. The van der Waals surface area contributed by atoms with Gasteiger partial charge in [-0.1, -0.05) is 5.11 Å². The Balaban J connectivity index is 1.93. The van der Waals surface area contributed by atoms with Gasteiger partial charge in [0.25, 0.3) is 0 Å². The third-order valence-electron chi connectivity index (χ3n) is 2.85. The van der Waals surface area contributed by atoms with Crippen LogP contribution in [0.15, 0.2) is 40.8 Å².